The Hall–Kier alpha value is -3.25. The van der Waals surface area contributed by atoms with Crippen LogP contribution in [-0.4, -0.2) is 33.6 Å². The first-order valence-corrected chi connectivity index (χ1v) is 10.3. The summed E-state index contributed by atoms with van der Waals surface area (Å²) in [4.78, 5) is 19.9. The van der Waals surface area contributed by atoms with Gasteiger partial charge in [0.25, 0.3) is 0 Å². The van der Waals surface area contributed by atoms with Crippen molar-refractivity contribution in [1.29, 1.82) is 0 Å². The van der Waals surface area contributed by atoms with E-state index in [1.807, 2.05) is 42.6 Å². The monoisotopic (exact) mass is 404 g/mol. The molecule has 0 unspecified atom stereocenters. The number of aromatic nitrogens is 2. The molecule has 0 aliphatic heterocycles. The van der Waals surface area contributed by atoms with Crippen LogP contribution < -0.4 is 11.1 Å². The quantitative estimate of drug-likeness (QED) is 0.404. The van der Waals surface area contributed by atoms with Gasteiger partial charge in [-0.1, -0.05) is 67.1 Å². The zero-order valence-corrected chi connectivity index (χ0v) is 17.0. The van der Waals surface area contributed by atoms with Gasteiger partial charge in [-0.2, -0.15) is 0 Å². The van der Waals surface area contributed by atoms with Gasteiger partial charge in [0.15, 0.2) is 0 Å². The third-order valence-electron chi connectivity index (χ3n) is 4.93. The summed E-state index contributed by atoms with van der Waals surface area (Å²) < 4.78 is 0. The number of hydrogen-bond donors (Lipinski definition) is 3. The van der Waals surface area contributed by atoms with E-state index in [0.717, 1.165) is 48.2 Å². The highest BCUT2D eigenvalue weighted by Crippen LogP contribution is 2.30. The maximum atomic E-state index is 10.6. The van der Waals surface area contributed by atoms with Gasteiger partial charge in [-0.3, -0.25) is 4.79 Å². The lowest BCUT2D eigenvalue weighted by atomic mass is 10.0. The Morgan fingerprint density at radius 3 is 2.30 bits per heavy atom. The summed E-state index contributed by atoms with van der Waals surface area (Å²) in [5.41, 5.74) is 9.99. The van der Waals surface area contributed by atoms with Crippen molar-refractivity contribution in [2.75, 3.05) is 11.9 Å². The second kappa shape index (κ2) is 11.1. The lowest BCUT2D eigenvalue weighted by molar-refractivity contribution is -0.137. The van der Waals surface area contributed by atoms with Crippen molar-refractivity contribution in [3.63, 3.8) is 0 Å². The van der Waals surface area contributed by atoms with E-state index in [9.17, 15) is 4.79 Å². The Kier molecular flexibility index (Phi) is 7.92. The third-order valence-corrected chi connectivity index (χ3v) is 4.93. The lowest BCUT2D eigenvalue weighted by Crippen LogP contribution is -2.21. The van der Waals surface area contributed by atoms with Crippen LogP contribution in [-0.2, 0) is 4.79 Å². The number of nitrogens with zero attached hydrogens (tertiary/aromatic N) is 2. The largest absolute Gasteiger partial charge is 0.481 e. The molecule has 0 aliphatic carbocycles. The summed E-state index contributed by atoms with van der Waals surface area (Å²) in [6, 6.07) is 20.2. The van der Waals surface area contributed by atoms with Crippen molar-refractivity contribution in [3.8, 4) is 22.4 Å². The van der Waals surface area contributed by atoms with Gasteiger partial charge in [-0.15, -0.1) is 0 Å². The Morgan fingerprint density at radius 1 is 0.967 bits per heavy atom. The van der Waals surface area contributed by atoms with Gasteiger partial charge in [0.2, 0.25) is 5.95 Å². The average molecular weight is 405 g/mol. The molecule has 0 bridgehead atoms. The zero-order valence-electron chi connectivity index (χ0n) is 17.0. The first-order valence-electron chi connectivity index (χ1n) is 10.3. The summed E-state index contributed by atoms with van der Waals surface area (Å²) >= 11 is 0. The molecule has 3 aromatic rings. The van der Waals surface area contributed by atoms with Crippen molar-refractivity contribution >= 4 is 11.9 Å². The number of carbonyl (C=O) groups is 1. The molecule has 2 aromatic carbocycles. The molecule has 1 atom stereocenters. The molecule has 1 aromatic heterocycles. The number of rotatable bonds is 11. The minimum atomic E-state index is -0.794. The summed E-state index contributed by atoms with van der Waals surface area (Å²) in [6.45, 7) is 0.741. The van der Waals surface area contributed by atoms with Gasteiger partial charge >= 0.3 is 5.97 Å². The van der Waals surface area contributed by atoms with E-state index in [0.29, 0.717) is 12.4 Å². The van der Waals surface area contributed by atoms with Crippen molar-refractivity contribution in [2.24, 2.45) is 5.73 Å². The third kappa shape index (κ3) is 6.39. The Labute approximate surface area is 177 Å². The van der Waals surface area contributed by atoms with Crippen LogP contribution in [0.15, 0.2) is 66.9 Å². The normalized spacial score (nSPS) is 11.8. The van der Waals surface area contributed by atoms with Gasteiger partial charge in [-0.25, -0.2) is 9.97 Å². The molecular weight excluding hydrogens is 376 g/mol. The van der Waals surface area contributed by atoms with E-state index in [1.165, 1.54) is 0 Å². The van der Waals surface area contributed by atoms with Crippen LogP contribution in [0.25, 0.3) is 22.4 Å². The molecular formula is C24H28N4O2. The molecule has 0 spiro atoms. The SMILES string of the molecule is N[C@H](CCCCNc1ncc(-c2ccccc2)c(-c2ccccc2)n1)CCC(=O)O. The number of hydrogen-bond acceptors (Lipinski definition) is 5. The zero-order chi connectivity index (χ0) is 21.2. The highest BCUT2D eigenvalue weighted by atomic mass is 16.4. The van der Waals surface area contributed by atoms with E-state index in [1.54, 1.807) is 0 Å². The number of aliphatic carboxylic acids is 1. The van der Waals surface area contributed by atoms with Crippen LogP contribution in [0.4, 0.5) is 5.95 Å². The standard InChI is InChI=1S/C24H28N4O2/c25-20(14-15-22(29)30)13-7-8-16-26-24-27-17-21(18-9-3-1-4-10-18)23(28-24)19-11-5-2-6-12-19/h1-6,9-12,17,20H,7-8,13-16,25H2,(H,29,30)(H,26,27,28)/t20-/m1/s1. The molecule has 3 rings (SSSR count). The predicted molar refractivity (Wildman–Crippen MR) is 120 cm³/mol. The molecule has 4 N–H and O–H groups in total. The highest BCUT2D eigenvalue weighted by Gasteiger charge is 2.11. The van der Waals surface area contributed by atoms with Crippen molar-refractivity contribution in [1.82, 2.24) is 9.97 Å². The first kappa shape index (κ1) is 21.5. The topological polar surface area (TPSA) is 101 Å². The van der Waals surface area contributed by atoms with E-state index >= 15 is 0 Å². The van der Waals surface area contributed by atoms with Crippen LogP contribution in [0.3, 0.4) is 0 Å². The van der Waals surface area contributed by atoms with Gasteiger partial charge in [-0.05, 0) is 24.8 Å². The second-order valence-corrected chi connectivity index (χ2v) is 7.30. The summed E-state index contributed by atoms with van der Waals surface area (Å²) in [5.74, 6) is -0.193. The molecule has 0 saturated carbocycles. The minimum absolute atomic E-state index is 0.0628. The smallest absolute Gasteiger partial charge is 0.303 e. The Morgan fingerprint density at radius 2 is 1.63 bits per heavy atom. The molecule has 0 fully saturated rings. The molecule has 6 nitrogen and oxygen atoms in total. The van der Waals surface area contributed by atoms with Crippen LogP contribution in [0.1, 0.15) is 32.1 Å². The number of carboxylic acid groups (broad SMARTS) is 1. The first-order chi connectivity index (χ1) is 14.6. The molecule has 0 saturated heterocycles. The minimum Gasteiger partial charge on any atom is -0.481 e. The van der Waals surface area contributed by atoms with Crippen LogP contribution in [0, 0.1) is 0 Å². The van der Waals surface area contributed by atoms with E-state index in [-0.39, 0.29) is 12.5 Å². The van der Waals surface area contributed by atoms with Gasteiger partial charge in [0.1, 0.15) is 0 Å². The molecule has 0 radical (unpaired) electrons. The summed E-state index contributed by atoms with van der Waals surface area (Å²) in [7, 11) is 0. The number of nitrogens with one attached hydrogen (secondary N) is 1. The number of carboxylic acids is 1. The van der Waals surface area contributed by atoms with Crippen molar-refractivity contribution in [2.45, 2.75) is 38.1 Å². The Bertz CT molecular complexity index is 932. The van der Waals surface area contributed by atoms with Crippen LogP contribution in [0.2, 0.25) is 0 Å². The second-order valence-electron chi connectivity index (χ2n) is 7.30. The predicted octanol–water partition coefficient (Wildman–Crippen LogP) is 4.58. The highest BCUT2D eigenvalue weighted by molar-refractivity contribution is 5.80. The van der Waals surface area contributed by atoms with Gasteiger partial charge < -0.3 is 16.2 Å². The van der Waals surface area contributed by atoms with Crippen molar-refractivity contribution < 1.29 is 9.90 Å². The molecule has 0 aliphatic rings. The lowest BCUT2D eigenvalue weighted by Gasteiger charge is -2.13. The van der Waals surface area contributed by atoms with Crippen LogP contribution in [0.5, 0.6) is 0 Å². The van der Waals surface area contributed by atoms with Gasteiger partial charge in [0, 0.05) is 36.3 Å². The molecule has 6 heteroatoms. The fraction of sp³-hybridized carbons (Fsp3) is 0.292. The average Bonchev–Trinajstić information content (AvgIpc) is 2.78. The molecule has 0 amide bonds. The molecule has 30 heavy (non-hydrogen) atoms. The summed E-state index contributed by atoms with van der Waals surface area (Å²) in [5, 5.41) is 12.0. The van der Waals surface area contributed by atoms with Crippen LogP contribution >= 0.6 is 0 Å². The number of benzene rings is 2. The van der Waals surface area contributed by atoms with Crippen molar-refractivity contribution in [3.05, 3.63) is 66.9 Å². The maximum absolute atomic E-state index is 10.6. The Balaban J connectivity index is 1.62. The number of unbranched alkanes of at least 4 members (excludes halogenated alkanes) is 1. The number of anilines is 1. The molecule has 1 heterocycles. The molecule has 156 valence electrons. The summed E-state index contributed by atoms with van der Waals surface area (Å²) in [6.07, 6.45) is 5.19. The van der Waals surface area contributed by atoms with Gasteiger partial charge in [0.05, 0.1) is 5.69 Å². The van der Waals surface area contributed by atoms with E-state index in [2.05, 4.69) is 34.6 Å². The fourth-order valence-corrected chi connectivity index (χ4v) is 3.30. The number of nitrogens with two attached hydrogens (primary N) is 1. The maximum Gasteiger partial charge on any atom is 0.303 e. The van der Waals surface area contributed by atoms with E-state index in [4.69, 9.17) is 15.8 Å². The fourth-order valence-electron chi connectivity index (χ4n) is 3.30. The van der Waals surface area contributed by atoms with E-state index < -0.39 is 5.97 Å².